The number of fused-ring (bicyclic) bond motifs is 1. The van der Waals surface area contributed by atoms with Gasteiger partial charge in [-0.2, -0.15) is 5.10 Å². The minimum atomic E-state index is -1.06. The van der Waals surface area contributed by atoms with Gasteiger partial charge >= 0.3 is 5.97 Å². The molecule has 13 heteroatoms. The van der Waals surface area contributed by atoms with Crippen LogP contribution in [0.25, 0.3) is 32.7 Å². The minimum absolute atomic E-state index is 0.000522. The van der Waals surface area contributed by atoms with Gasteiger partial charge in [0.25, 0.3) is 0 Å². The maximum atomic E-state index is 15.6. The molecule has 1 atom stereocenters. The van der Waals surface area contributed by atoms with Crippen molar-refractivity contribution in [1.29, 1.82) is 0 Å². The predicted octanol–water partition coefficient (Wildman–Crippen LogP) is 6.76. The highest BCUT2D eigenvalue weighted by Gasteiger charge is 2.24. The highest BCUT2D eigenvalue weighted by Crippen LogP contribution is 2.33. The Morgan fingerprint density at radius 3 is 2.71 bits per heavy atom. The zero-order valence-corrected chi connectivity index (χ0v) is 26.5. The summed E-state index contributed by atoms with van der Waals surface area (Å²) in [6, 6.07) is 11.9. The van der Waals surface area contributed by atoms with Gasteiger partial charge < -0.3 is 19.1 Å². The lowest BCUT2D eigenvalue weighted by Crippen LogP contribution is -2.31. The summed E-state index contributed by atoms with van der Waals surface area (Å²) in [5.74, 6) is -0.822. The highest BCUT2D eigenvalue weighted by atomic mass is 32.1. The molecule has 0 unspecified atom stereocenters. The third-order valence-electron chi connectivity index (χ3n) is 8.70. The van der Waals surface area contributed by atoms with Gasteiger partial charge in [0.05, 0.1) is 46.0 Å². The van der Waals surface area contributed by atoms with Gasteiger partial charge in [-0.3, -0.25) is 4.68 Å². The van der Waals surface area contributed by atoms with E-state index in [9.17, 15) is 9.90 Å². The van der Waals surface area contributed by atoms with Crippen LogP contribution in [0.5, 0.6) is 5.88 Å². The number of aromatic carboxylic acids is 1. The minimum Gasteiger partial charge on any atom is -0.478 e. The fraction of sp³-hybridized carbons (Fsp3) is 0.286. The first-order chi connectivity index (χ1) is 23.4. The summed E-state index contributed by atoms with van der Waals surface area (Å²) in [7, 11) is 0. The van der Waals surface area contributed by atoms with E-state index in [0.717, 1.165) is 46.5 Å². The smallest absolute Gasteiger partial charge is 0.335 e. The molecule has 10 nitrogen and oxygen atoms in total. The molecule has 8 rings (SSSR count). The van der Waals surface area contributed by atoms with E-state index in [1.54, 1.807) is 36.5 Å². The molecule has 48 heavy (non-hydrogen) atoms. The van der Waals surface area contributed by atoms with E-state index in [1.165, 1.54) is 30.2 Å². The number of carbonyl (C=O) groups is 1. The number of halogens is 2. The summed E-state index contributed by atoms with van der Waals surface area (Å²) >= 11 is 1.51. The van der Waals surface area contributed by atoms with Gasteiger partial charge in [-0.05, 0) is 67.1 Å². The Hall–Kier alpha value is -5.01. The molecule has 1 N–H and O–H groups in total. The Labute approximate surface area is 277 Å². The van der Waals surface area contributed by atoms with E-state index in [1.807, 2.05) is 21.6 Å². The lowest BCUT2D eigenvalue weighted by atomic mass is 10.0. The summed E-state index contributed by atoms with van der Waals surface area (Å²) in [5.41, 5.74) is 2.66. The van der Waals surface area contributed by atoms with Crippen molar-refractivity contribution in [2.24, 2.45) is 5.92 Å². The van der Waals surface area contributed by atoms with Gasteiger partial charge in [0.2, 0.25) is 5.88 Å². The molecule has 2 aliphatic rings. The Morgan fingerprint density at radius 1 is 1.04 bits per heavy atom. The molecule has 5 heterocycles. The van der Waals surface area contributed by atoms with Crippen LogP contribution in [-0.2, 0) is 30.9 Å². The first-order valence-electron chi connectivity index (χ1n) is 15.8. The summed E-state index contributed by atoms with van der Waals surface area (Å²) in [4.78, 5) is 26.2. The fourth-order valence-corrected chi connectivity index (χ4v) is 6.62. The Kier molecular flexibility index (Phi) is 7.93. The first-order valence-corrected chi connectivity index (χ1v) is 16.6. The number of pyridine rings is 1. The number of imidazole rings is 1. The molecule has 0 amide bonds. The summed E-state index contributed by atoms with van der Waals surface area (Å²) in [6.07, 6.45) is 9.01. The number of benzene rings is 2. The molecular weight excluding hydrogens is 638 g/mol. The van der Waals surface area contributed by atoms with Crippen LogP contribution in [0.1, 0.15) is 46.0 Å². The molecule has 2 aromatic carbocycles. The molecule has 6 aromatic rings. The summed E-state index contributed by atoms with van der Waals surface area (Å²) in [6.45, 7) is 2.20. The number of hydrogen-bond acceptors (Lipinski definition) is 8. The molecule has 1 aliphatic heterocycles. The summed E-state index contributed by atoms with van der Waals surface area (Å²) < 4.78 is 46.5. The largest absolute Gasteiger partial charge is 0.478 e. The van der Waals surface area contributed by atoms with Gasteiger partial charge in [0.1, 0.15) is 29.1 Å². The van der Waals surface area contributed by atoms with Crippen LogP contribution in [0.2, 0.25) is 0 Å². The Morgan fingerprint density at radius 2 is 1.92 bits per heavy atom. The van der Waals surface area contributed by atoms with Crippen molar-refractivity contribution < 1.29 is 28.2 Å². The third kappa shape index (κ3) is 6.30. The van der Waals surface area contributed by atoms with Gasteiger partial charge in [0, 0.05) is 49.2 Å². The van der Waals surface area contributed by atoms with E-state index < -0.39 is 17.6 Å². The zero-order valence-electron chi connectivity index (χ0n) is 25.7. The van der Waals surface area contributed by atoms with Crippen LogP contribution >= 0.6 is 11.3 Å². The van der Waals surface area contributed by atoms with Gasteiger partial charge in [-0.1, -0.05) is 6.07 Å². The van der Waals surface area contributed by atoms with Crippen molar-refractivity contribution >= 4 is 28.3 Å². The number of ether oxygens (including phenoxy) is 2. The molecule has 1 saturated carbocycles. The fourth-order valence-electron chi connectivity index (χ4n) is 5.81. The van der Waals surface area contributed by atoms with Crippen LogP contribution in [0.4, 0.5) is 8.78 Å². The van der Waals surface area contributed by atoms with E-state index >= 15 is 8.78 Å². The average Bonchev–Trinajstić information content (AvgIpc) is 3.40. The van der Waals surface area contributed by atoms with E-state index in [4.69, 9.17) is 9.47 Å². The van der Waals surface area contributed by atoms with E-state index in [-0.39, 0.29) is 47.4 Å². The van der Waals surface area contributed by atoms with Crippen LogP contribution < -0.4 is 4.74 Å². The van der Waals surface area contributed by atoms with Crippen LogP contribution in [0, 0.1) is 17.6 Å². The lowest BCUT2D eigenvalue weighted by molar-refractivity contribution is -0.0589. The normalized spacial score (nSPS) is 15.9. The van der Waals surface area contributed by atoms with Crippen molar-refractivity contribution in [1.82, 2.24) is 29.3 Å². The second-order valence-corrected chi connectivity index (χ2v) is 13.3. The number of nitrogens with zero attached hydrogens (tertiary/aromatic N) is 6. The Balaban J connectivity index is 0.988. The lowest BCUT2D eigenvalue weighted by Gasteiger charge is -2.27. The van der Waals surface area contributed by atoms with Crippen molar-refractivity contribution in [3.8, 4) is 27.6 Å². The van der Waals surface area contributed by atoms with E-state index in [2.05, 4.69) is 20.1 Å². The molecule has 0 spiro atoms. The van der Waals surface area contributed by atoms with Crippen molar-refractivity contribution in [2.75, 3.05) is 6.61 Å². The van der Waals surface area contributed by atoms with Crippen LogP contribution in [-0.4, -0.2) is 53.1 Å². The van der Waals surface area contributed by atoms with E-state index in [0.29, 0.717) is 30.0 Å². The molecule has 1 saturated heterocycles. The topological polar surface area (TPSA) is 117 Å². The van der Waals surface area contributed by atoms with Gasteiger partial charge in [0.15, 0.2) is 0 Å². The number of aromatic nitrogens is 6. The number of carboxylic acids is 1. The maximum Gasteiger partial charge on any atom is 0.335 e. The van der Waals surface area contributed by atoms with Crippen molar-refractivity contribution in [2.45, 2.75) is 51.5 Å². The molecule has 244 valence electrons. The number of carboxylic acid groups (broad SMARTS) is 1. The molecule has 0 radical (unpaired) electrons. The second-order valence-electron chi connectivity index (χ2n) is 12.2. The summed E-state index contributed by atoms with van der Waals surface area (Å²) in [5, 5.41) is 14.7. The first kappa shape index (κ1) is 30.3. The molecular formula is C35H30F2N6O4S. The zero-order chi connectivity index (χ0) is 32.8. The number of thiazole rings is 1. The van der Waals surface area contributed by atoms with Gasteiger partial charge in [-0.15, -0.1) is 11.3 Å². The Bertz CT molecular complexity index is 2150. The molecule has 4 aromatic heterocycles. The molecule has 2 fully saturated rings. The standard InChI is InChI=1S/C35H30F2N6O4S/c36-26-13-25(27(37)10-22(26)12-32-40-29-7-6-21(35(44)45)11-30(29)43(32)18-24-8-9-46-24)28-2-1-3-33(41-28)47-19-34-38-15-31(48-34)23-14-39-42(17-23)16-20-4-5-20/h1-3,6-7,10-11,13-15,17,20,24H,4-5,8-9,12,16,18-19H2,(H,44,45)/t24-/m0/s1. The third-order valence-corrected chi connectivity index (χ3v) is 9.71. The SMILES string of the molecule is O=C(O)c1ccc2nc(Cc3cc(F)c(-c4cccc(OCc5ncc(-c6cnn(CC7CC7)c6)s5)n4)cc3F)n(C[C@@H]3CCO3)c2c1. The number of hydrogen-bond donors (Lipinski definition) is 1. The van der Waals surface area contributed by atoms with Gasteiger partial charge in [-0.25, -0.2) is 28.5 Å². The van der Waals surface area contributed by atoms with Crippen LogP contribution in [0.3, 0.4) is 0 Å². The number of rotatable bonds is 12. The quantitative estimate of drug-likeness (QED) is 0.152. The highest BCUT2D eigenvalue weighted by molar-refractivity contribution is 7.15. The predicted molar refractivity (Wildman–Crippen MR) is 174 cm³/mol. The van der Waals surface area contributed by atoms with Crippen molar-refractivity contribution in [3.05, 3.63) is 101 Å². The average molecular weight is 669 g/mol. The van der Waals surface area contributed by atoms with Crippen molar-refractivity contribution in [3.63, 3.8) is 0 Å². The van der Waals surface area contributed by atoms with Crippen LogP contribution in [0.15, 0.2) is 67.1 Å². The monoisotopic (exact) mass is 668 g/mol. The molecule has 0 bridgehead atoms. The second kappa shape index (κ2) is 12.5. The molecule has 1 aliphatic carbocycles. The maximum absolute atomic E-state index is 15.6.